The minimum absolute atomic E-state index is 0.220. The maximum atomic E-state index is 5.46. The van der Waals surface area contributed by atoms with Gasteiger partial charge in [-0.25, -0.2) is 0 Å². The quantitative estimate of drug-likeness (QED) is 0.871. The molecular weight excluding hydrogens is 226 g/mol. The summed E-state index contributed by atoms with van der Waals surface area (Å²) < 4.78 is 7.55. The summed E-state index contributed by atoms with van der Waals surface area (Å²) in [6, 6.07) is 2.43. The Hall–Kier alpha value is -1.29. The van der Waals surface area contributed by atoms with E-state index in [1.807, 2.05) is 13.3 Å². The van der Waals surface area contributed by atoms with Crippen LogP contribution in [0.4, 0.5) is 0 Å². The van der Waals surface area contributed by atoms with E-state index in [1.54, 1.807) is 0 Å². The molecule has 1 atom stereocenters. The fraction of sp³-hybridized carbons (Fsp3) is 0.643. The predicted molar refractivity (Wildman–Crippen MR) is 72.3 cm³/mol. The highest BCUT2D eigenvalue weighted by atomic mass is 16.5. The molecule has 0 spiro atoms. The third kappa shape index (κ3) is 2.58. The van der Waals surface area contributed by atoms with Crippen molar-refractivity contribution in [3.8, 4) is 0 Å². The van der Waals surface area contributed by atoms with E-state index >= 15 is 0 Å². The molecule has 0 aliphatic carbocycles. The summed E-state index contributed by atoms with van der Waals surface area (Å²) in [6.07, 6.45) is 5.10. The van der Waals surface area contributed by atoms with Crippen LogP contribution < -0.4 is 5.32 Å². The number of ether oxygens (including phenoxy) is 1. The monoisotopic (exact) mass is 249 g/mol. The second-order valence-electron chi connectivity index (χ2n) is 4.62. The van der Waals surface area contributed by atoms with Crippen LogP contribution >= 0.6 is 0 Å². The first-order chi connectivity index (χ1) is 8.80. The van der Waals surface area contributed by atoms with E-state index < -0.39 is 0 Å². The third-order valence-electron chi connectivity index (χ3n) is 3.44. The summed E-state index contributed by atoms with van der Waals surface area (Å²) >= 11 is 0. The molecule has 1 aliphatic rings. The molecule has 0 saturated carbocycles. The van der Waals surface area contributed by atoms with Gasteiger partial charge in [0.05, 0.1) is 30.3 Å². The van der Waals surface area contributed by atoms with Crippen LogP contribution in [0.1, 0.15) is 44.1 Å². The van der Waals surface area contributed by atoms with Crippen LogP contribution in [-0.2, 0) is 17.7 Å². The first kappa shape index (κ1) is 13.1. The van der Waals surface area contributed by atoms with Crippen LogP contribution in [-0.4, -0.2) is 23.4 Å². The number of nitrogens with one attached hydrogen (secondary N) is 1. The van der Waals surface area contributed by atoms with Gasteiger partial charge in [-0.1, -0.05) is 6.92 Å². The van der Waals surface area contributed by atoms with Crippen molar-refractivity contribution in [3.63, 3.8) is 0 Å². The van der Waals surface area contributed by atoms with Crippen LogP contribution in [0, 0.1) is 0 Å². The van der Waals surface area contributed by atoms with Crippen molar-refractivity contribution in [3.05, 3.63) is 29.3 Å². The lowest BCUT2D eigenvalue weighted by Gasteiger charge is -2.23. The third-order valence-corrected chi connectivity index (χ3v) is 3.44. The molecule has 1 aliphatic heterocycles. The van der Waals surface area contributed by atoms with Gasteiger partial charge in [0.2, 0.25) is 0 Å². The van der Waals surface area contributed by atoms with Gasteiger partial charge in [-0.05, 0) is 44.9 Å². The second kappa shape index (κ2) is 6.05. The molecule has 0 bridgehead atoms. The zero-order valence-electron chi connectivity index (χ0n) is 11.6. The van der Waals surface area contributed by atoms with E-state index in [-0.39, 0.29) is 6.04 Å². The van der Waals surface area contributed by atoms with E-state index in [1.165, 1.54) is 11.3 Å². The van der Waals surface area contributed by atoms with Crippen molar-refractivity contribution in [2.24, 2.45) is 0 Å². The maximum absolute atomic E-state index is 5.46. The normalized spacial score (nSPS) is 17.2. The highest BCUT2D eigenvalue weighted by Crippen LogP contribution is 2.28. The average Bonchev–Trinajstić information content (AvgIpc) is 2.84. The Morgan fingerprint density at radius 2 is 2.33 bits per heavy atom. The Balaban J connectivity index is 2.31. The van der Waals surface area contributed by atoms with Gasteiger partial charge in [0.15, 0.2) is 0 Å². The first-order valence-corrected chi connectivity index (χ1v) is 6.84. The standard InChI is InChI=1S/C14H23N3O/c1-4-12-9-13(17(5-2)16-12)14(15-3)11-7-6-8-18-10-11/h9-10,14-15H,4-8H2,1-3H3. The lowest BCUT2D eigenvalue weighted by atomic mass is 9.99. The highest BCUT2D eigenvalue weighted by molar-refractivity contribution is 5.24. The largest absolute Gasteiger partial charge is 0.501 e. The Morgan fingerprint density at radius 3 is 2.89 bits per heavy atom. The van der Waals surface area contributed by atoms with Crippen molar-refractivity contribution >= 4 is 0 Å². The summed E-state index contributed by atoms with van der Waals surface area (Å²) in [5.41, 5.74) is 3.72. The molecule has 1 aromatic heterocycles. The zero-order chi connectivity index (χ0) is 13.0. The molecule has 0 radical (unpaired) electrons. The molecule has 1 unspecified atom stereocenters. The van der Waals surface area contributed by atoms with Crippen LogP contribution in [0.3, 0.4) is 0 Å². The van der Waals surface area contributed by atoms with E-state index in [0.29, 0.717) is 0 Å². The first-order valence-electron chi connectivity index (χ1n) is 6.84. The molecule has 1 N–H and O–H groups in total. The molecule has 0 saturated heterocycles. The molecule has 0 aromatic carbocycles. The van der Waals surface area contributed by atoms with Gasteiger partial charge in [-0.15, -0.1) is 0 Å². The SMILES string of the molecule is CCc1cc(C(NC)C2=COCCC2)n(CC)n1. The van der Waals surface area contributed by atoms with E-state index in [0.717, 1.165) is 38.1 Å². The van der Waals surface area contributed by atoms with Crippen LogP contribution in [0.15, 0.2) is 17.9 Å². The molecule has 100 valence electrons. The fourth-order valence-corrected chi connectivity index (χ4v) is 2.47. The Bertz CT molecular complexity index is 423. The summed E-state index contributed by atoms with van der Waals surface area (Å²) in [7, 11) is 2.00. The van der Waals surface area contributed by atoms with Crippen molar-refractivity contribution in [1.82, 2.24) is 15.1 Å². The lowest BCUT2D eigenvalue weighted by molar-refractivity contribution is 0.219. The summed E-state index contributed by atoms with van der Waals surface area (Å²) in [6.45, 7) is 6.02. The van der Waals surface area contributed by atoms with Crippen LogP contribution in [0.5, 0.6) is 0 Å². The van der Waals surface area contributed by atoms with Crippen molar-refractivity contribution in [2.75, 3.05) is 13.7 Å². The van der Waals surface area contributed by atoms with Gasteiger partial charge < -0.3 is 10.1 Å². The zero-order valence-corrected chi connectivity index (χ0v) is 11.6. The molecule has 4 nitrogen and oxygen atoms in total. The van der Waals surface area contributed by atoms with E-state index in [4.69, 9.17) is 4.74 Å². The highest BCUT2D eigenvalue weighted by Gasteiger charge is 2.21. The van der Waals surface area contributed by atoms with Gasteiger partial charge in [0, 0.05) is 6.54 Å². The Kier molecular flexibility index (Phi) is 4.42. The summed E-state index contributed by atoms with van der Waals surface area (Å²) in [4.78, 5) is 0. The lowest BCUT2D eigenvalue weighted by Crippen LogP contribution is -2.23. The Morgan fingerprint density at radius 1 is 1.50 bits per heavy atom. The minimum Gasteiger partial charge on any atom is -0.501 e. The molecule has 4 heteroatoms. The van der Waals surface area contributed by atoms with E-state index in [9.17, 15) is 0 Å². The molecule has 18 heavy (non-hydrogen) atoms. The van der Waals surface area contributed by atoms with Gasteiger partial charge in [0.1, 0.15) is 0 Å². The van der Waals surface area contributed by atoms with Gasteiger partial charge in [0.25, 0.3) is 0 Å². The summed E-state index contributed by atoms with van der Waals surface area (Å²) in [5.74, 6) is 0. The predicted octanol–water partition coefficient (Wildman–Crippen LogP) is 2.42. The maximum Gasteiger partial charge on any atom is 0.0876 e. The number of nitrogens with zero attached hydrogens (tertiary/aromatic N) is 2. The second-order valence-corrected chi connectivity index (χ2v) is 4.62. The molecule has 0 amide bonds. The molecule has 0 fully saturated rings. The van der Waals surface area contributed by atoms with Gasteiger partial charge in [-0.3, -0.25) is 4.68 Å². The summed E-state index contributed by atoms with van der Waals surface area (Å²) in [5, 5.41) is 8.01. The molecular formula is C14H23N3O. The number of aryl methyl sites for hydroxylation is 2. The van der Waals surface area contributed by atoms with Crippen LogP contribution in [0.2, 0.25) is 0 Å². The number of hydrogen-bond acceptors (Lipinski definition) is 3. The smallest absolute Gasteiger partial charge is 0.0876 e. The van der Waals surface area contributed by atoms with Gasteiger partial charge >= 0.3 is 0 Å². The molecule has 1 aromatic rings. The van der Waals surface area contributed by atoms with Crippen molar-refractivity contribution < 1.29 is 4.74 Å². The molecule has 2 heterocycles. The Labute approximate surface area is 109 Å². The average molecular weight is 249 g/mol. The van der Waals surface area contributed by atoms with Crippen molar-refractivity contribution in [2.45, 2.75) is 45.7 Å². The number of aromatic nitrogens is 2. The van der Waals surface area contributed by atoms with E-state index in [2.05, 4.69) is 35.0 Å². The topological polar surface area (TPSA) is 39.1 Å². The van der Waals surface area contributed by atoms with Crippen molar-refractivity contribution in [1.29, 1.82) is 0 Å². The number of hydrogen-bond donors (Lipinski definition) is 1. The number of likely N-dealkylation sites (N-methyl/N-ethyl adjacent to an activating group) is 1. The number of rotatable bonds is 5. The fourth-order valence-electron chi connectivity index (χ4n) is 2.47. The minimum atomic E-state index is 0.220. The molecule has 2 rings (SSSR count). The van der Waals surface area contributed by atoms with Gasteiger partial charge in [-0.2, -0.15) is 5.10 Å². The van der Waals surface area contributed by atoms with Crippen LogP contribution in [0.25, 0.3) is 0 Å².